The second-order valence-corrected chi connectivity index (χ2v) is 7.06. The fourth-order valence-electron chi connectivity index (χ4n) is 3.01. The molecule has 3 aromatic rings. The van der Waals surface area contributed by atoms with Crippen molar-refractivity contribution < 1.29 is 14.3 Å². The summed E-state index contributed by atoms with van der Waals surface area (Å²) < 4.78 is 7.08. The molecule has 0 radical (unpaired) electrons. The molecule has 0 amide bonds. The molecule has 0 bridgehead atoms. The highest BCUT2D eigenvalue weighted by Gasteiger charge is 2.19. The number of hydrogen-bond acceptors (Lipinski definition) is 4. The minimum Gasteiger partial charge on any atom is -0.451 e. The van der Waals surface area contributed by atoms with E-state index in [9.17, 15) is 9.59 Å². The highest BCUT2D eigenvalue weighted by atomic mass is 35.5. The van der Waals surface area contributed by atoms with E-state index >= 15 is 0 Å². The lowest BCUT2D eigenvalue weighted by molar-refractivity contribution is -0.140. The van der Waals surface area contributed by atoms with Gasteiger partial charge in [0, 0.05) is 27.9 Å². The summed E-state index contributed by atoms with van der Waals surface area (Å²) >= 11 is 5.91. The minimum atomic E-state index is -0.917. The lowest BCUT2D eigenvalue weighted by Gasteiger charge is -2.11. The van der Waals surface area contributed by atoms with Crippen molar-refractivity contribution in [2.75, 3.05) is 0 Å². The predicted octanol–water partition coefficient (Wildman–Crippen LogP) is 4.97. The fourth-order valence-corrected chi connectivity index (χ4v) is 3.20. The largest absolute Gasteiger partial charge is 0.451 e. The van der Waals surface area contributed by atoms with Crippen LogP contribution in [0, 0.1) is 13.8 Å². The van der Waals surface area contributed by atoms with Crippen LogP contribution in [0.15, 0.2) is 60.7 Å². The lowest BCUT2D eigenvalue weighted by atomic mass is 10.1. The van der Waals surface area contributed by atoms with Crippen LogP contribution in [-0.2, 0) is 9.53 Å². The van der Waals surface area contributed by atoms with Gasteiger partial charge in [0.2, 0.25) is 5.78 Å². The summed E-state index contributed by atoms with van der Waals surface area (Å²) in [6, 6.07) is 16.3. The van der Waals surface area contributed by atoms with Crippen molar-refractivity contribution in [1.82, 2.24) is 9.78 Å². The molecule has 1 atom stereocenters. The van der Waals surface area contributed by atoms with Gasteiger partial charge < -0.3 is 4.74 Å². The molecule has 0 saturated carbocycles. The molecule has 1 aromatic heterocycles. The van der Waals surface area contributed by atoms with E-state index in [1.54, 1.807) is 37.3 Å². The molecule has 0 saturated heterocycles. The molecule has 2 aromatic carbocycles. The van der Waals surface area contributed by atoms with E-state index in [1.807, 2.05) is 48.9 Å². The summed E-state index contributed by atoms with van der Waals surface area (Å²) in [6.45, 7) is 5.35. The topological polar surface area (TPSA) is 61.2 Å². The number of esters is 1. The van der Waals surface area contributed by atoms with E-state index in [4.69, 9.17) is 16.3 Å². The van der Waals surface area contributed by atoms with Crippen LogP contribution in [0.4, 0.5) is 0 Å². The molecule has 29 heavy (non-hydrogen) atoms. The number of halogens is 1. The highest BCUT2D eigenvalue weighted by Crippen LogP contribution is 2.19. The number of rotatable bonds is 6. The van der Waals surface area contributed by atoms with Crippen molar-refractivity contribution in [3.63, 3.8) is 0 Å². The first-order valence-electron chi connectivity index (χ1n) is 9.17. The number of aromatic nitrogens is 2. The molecule has 0 spiro atoms. The van der Waals surface area contributed by atoms with E-state index in [1.165, 1.54) is 6.08 Å². The number of Topliss-reactive ketones (excluding diaryl/α,β-unsaturated/α-hetero) is 1. The SMILES string of the molecule is Cc1nn(-c2ccccc2)c(C)c1/C=C/C(=O)OC(C)C(=O)c1cccc(Cl)c1. The van der Waals surface area contributed by atoms with Crippen molar-refractivity contribution in [2.45, 2.75) is 26.9 Å². The van der Waals surface area contributed by atoms with Crippen LogP contribution in [0.25, 0.3) is 11.8 Å². The number of aryl methyl sites for hydroxylation is 1. The number of carbonyl (C=O) groups excluding carboxylic acids is 2. The molecule has 148 valence electrons. The van der Waals surface area contributed by atoms with Crippen LogP contribution in [0.3, 0.4) is 0 Å². The van der Waals surface area contributed by atoms with Gasteiger partial charge in [-0.1, -0.05) is 41.9 Å². The maximum atomic E-state index is 12.4. The fraction of sp³-hybridized carbons (Fsp3) is 0.174. The summed E-state index contributed by atoms with van der Waals surface area (Å²) in [5.41, 5.74) is 3.87. The Hall–Kier alpha value is -3.18. The Kier molecular flexibility index (Phi) is 6.29. The van der Waals surface area contributed by atoms with Gasteiger partial charge in [0.05, 0.1) is 11.4 Å². The zero-order valence-corrected chi connectivity index (χ0v) is 17.2. The molecule has 0 aliphatic rings. The average molecular weight is 409 g/mol. The summed E-state index contributed by atoms with van der Waals surface area (Å²) in [6.07, 6.45) is 2.06. The third-order valence-electron chi connectivity index (χ3n) is 4.51. The van der Waals surface area contributed by atoms with E-state index in [2.05, 4.69) is 5.10 Å². The molecular weight excluding hydrogens is 388 g/mol. The van der Waals surface area contributed by atoms with Crippen molar-refractivity contribution >= 4 is 29.4 Å². The van der Waals surface area contributed by atoms with Crippen molar-refractivity contribution in [3.05, 3.63) is 88.2 Å². The maximum absolute atomic E-state index is 12.4. The number of carbonyl (C=O) groups is 2. The third-order valence-corrected chi connectivity index (χ3v) is 4.74. The first kappa shape index (κ1) is 20.6. The Morgan fingerprint density at radius 1 is 1.10 bits per heavy atom. The van der Waals surface area contributed by atoms with E-state index in [0.717, 1.165) is 22.6 Å². The van der Waals surface area contributed by atoms with Crippen LogP contribution >= 0.6 is 11.6 Å². The number of benzene rings is 2. The van der Waals surface area contributed by atoms with Crippen LogP contribution in [0.5, 0.6) is 0 Å². The van der Waals surface area contributed by atoms with Gasteiger partial charge in [0.15, 0.2) is 6.10 Å². The Morgan fingerprint density at radius 2 is 1.83 bits per heavy atom. The first-order valence-corrected chi connectivity index (χ1v) is 9.54. The molecule has 6 heteroatoms. The van der Waals surface area contributed by atoms with Gasteiger partial charge in [-0.3, -0.25) is 4.79 Å². The van der Waals surface area contributed by atoms with Crippen LogP contribution in [0.2, 0.25) is 5.02 Å². The maximum Gasteiger partial charge on any atom is 0.331 e. The summed E-state index contributed by atoms with van der Waals surface area (Å²) in [4.78, 5) is 24.6. The molecule has 1 heterocycles. The summed E-state index contributed by atoms with van der Waals surface area (Å²) in [5.74, 6) is -0.905. The molecule has 5 nitrogen and oxygen atoms in total. The molecular formula is C23H21ClN2O3. The standard InChI is InChI=1S/C23H21ClN2O3/c1-15-21(16(2)26(25-15)20-10-5-4-6-11-20)12-13-22(27)29-17(3)23(28)18-8-7-9-19(24)14-18/h4-14,17H,1-3H3/b13-12+. The van der Waals surface area contributed by atoms with Crippen LogP contribution in [0.1, 0.15) is 34.2 Å². The second kappa shape index (κ2) is 8.88. The van der Waals surface area contributed by atoms with Gasteiger partial charge in [-0.2, -0.15) is 5.10 Å². The Bertz CT molecular complexity index is 1070. The third kappa shape index (κ3) is 4.81. The second-order valence-electron chi connectivity index (χ2n) is 6.62. The molecule has 3 rings (SSSR count). The first-order chi connectivity index (χ1) is 13.9. The normalized spacial score (nSPS) is 12.1. The van der Waals surface area contributed by atoms with Crippen LogP contribution in [-0.4, -0.2) is 27.6 Å². The van der Waals surface area contributed by atoms with E-state index in [0.29, 0.717) is 10.6 Å². The smallest absolute Gasteiger partial charge is 0.331 e. The van der Waals surface area contributed by atoms with Gasteiger partial charge in [0.1, 0.15) is 0 Å². The van der Waals surface area contributed by atoms with Gasteiger partial charge in [-0.25, -0.2) is 9.48 Å². The quantitative estimate of drug-likeness (QED) is 0.328. The predicted molar refractivity (Wildman–Crippen MR) is 113 cm³/mol. The minimum absolute atomic E-state index is 0.307. The lowest BCUT2D eigenvalue weighted by Crippen LogP contribution is -2.23. The van der Waals surface area contributed by atoms with Crippen molar-refractivity contribution in [3.8, 4) is 5.69 Å². The number of ether oxygens (including phenoxy) is 1. The zero-order chi connectivity index (χ0) is 21.0. The van der Waals surface area contributed by atoms with Crippen molar-refractivity contribution in [2.24, 2.45) is 0 Å². The number of para-hydroxylation sites is 1. The monoisotopic (exact) mass is 408 g/mol. The van der Waals surface area contributed by atoms with Crippen LogP contribution < -0.4 is 0 Å². The van der Waals surface area contributed by atoms with Crippen molar-refractivity contribution in [1.29, 1.82) is 0 Å². The van der Waals surface area contributed by atoms with Gasteiger partial charge >= 0.3 is 5.97 Å². The Balaban J connectivity index is 1.71. The number of nitrogens with zero attached hydrogens (tertiary/aromatic N) is 2. The average Bonchev–Trinajstić information content (AvgIpc) is 3.00. The van der Waals surface area contributed by atoms with Gasteiger partial charge in [0.25, 0.3) is 0 Å². The molecule has 0 fully saturated rings. The Morgan fingerprint density at radius 3 is 2.52 bits per heavy atom. The van der Waals surface area contributed by atoms with Gasteiger partial charge in [-0.05, 0) is 51.1 Å². The number of hydrogen-bond donors (Lipinski definition) is 0. The molecule has 0 N–H and O–H groups in total. The zero-order valence-electron chi connectivity index (χ0n) is 16.4. The molecule has 0 aliphatic heterocycles. The van der Waals surface area contributed by atoms with E-state index < -0.39 is 12.1 Å². The number of ketones is 1. The Labute approximate surface area is 174 Å². The highest BCUT2D eigenvalue weighted by molar-refractivity contribution is 6.31. The molecule has 1 unspecified atom stereocenters. The summed E-state index contributed by atoms with van der Waals surface area (Å²) in [7, 11) is 0. The molecule has 0 aliphatic carbocycles. The van der Waals surface area contributed by atoms with E-state index in [-0.39, 0.29) is 5.78 Å². The van der Waals surface area contributed by atoms with Gasteiger partial charge in [-0.15, -0.1) is 0 Å². The summed E-state index contributed by atoms with van der Waals surface area (Å²) in [5, 5.41) is 5.00.